The Labute approximate surface area is 172 Å². The topological polar surface area (TPSA) is 98.3 Å². The van der Waals surface area contributed by atoms with Crippen LogP contribution in [0.15, 0.2) is 41.1 Å². The van der Waals surface area contributed by atoms with Crippen LogP contribution in [0.2, 0.25) is 0 Å². The number of aromatic amines is 1. The van der Waals surface area contributed by atoms with E-state index < -0.39 is 6.09 Å². The molecule has 1 aromatic heterocycles. The normalized spacial score (nSPS) is 20.4. The van der Waals surface area contributed by atoms with Gasteiger partial charge < -0.3 is 20.3 Å². The average molecular weight is 449 g/mol. The van der Waals surface area contributed by atoms with Gasteiger partial charge in [0.15, 0.2) is 0 Å². The van der Waals surface area contributed by atoms with E-state index in [1.54, 1.807) is 13.2 Å². The zero-order valence-corrected chi connectivity index (χ0v) is 17.4. The molecule has 0 radical (unpaired) electrons. The Kier molecular flexibility index (Phi) is 6.72. The predicted octanol–water partition coefficient (Wildman–Crippen LogP) is 3.74. The lowest BCUT2D eigenvalue weighted by Gasteiger charge is -2.33. The first-order valence-electron chi connectivity index (χ1n) is 9.44. The molecule has 150 valence electrons. The molecule has 0 bridgehead atoms. The highest BCUT2D eigenvalue weighted by molar-refractivity contribution is 9.10. The number of hydrogen-bond donors (Lipinski definition) is 3. The van der Waals surface area contributed by atoms with Crippen LogP contribution in [0.25, 0.3) is 0 Å². The average Bonchev–Trinajstić information content (AvgIpc) is 3.14. The van der Waals surface area contributed by atoms with Crippen molar-refractivity contribution in [2.24, 2.45) is 5.92 Å². The maximum atomic E-state index is 12.9. The number of H-pyrrole nitrogens is 1. The number of hydrogen-bond acceptors (Lipinski definition) is 3. The van der Waals surface area contributed by atoms with Crippen LogP contribution in [0.3, 0.4) is 0 Å². The lowest BCUT2D eigenvalue weighted by molar-refractivity contribution is -0.127. The van der Waals surface area contributed by atoms with Crippen LogP contribution in [0, 0.1) is 5.92 Å². The van der Waals surface area contributed by atoms with Crippen molar-refractivity contribution in [2.45, 2.75) is 44.2 Å². The van der Waals surface area contributed by atoms with E-state index in [2.05, 4.69) is 31.2 Å². The first-order chi connectivity index (χ1) is 13.4. The van der Waals surface area contributed by atoms with Crippen molar-refractivity contribution in [1.82, 2.24) is 20.2 Å². The summed E-state index contributed by atoms with van der Waals surface area (Å²) in [7, 11) is 1.60. The summed E-state index contributed by atoms with van der Waals surface area (Å²) in [4.78, 5) is 32.9. The monoisotopic (exact) mass is 448 g/mol. The number of amides is 2. The summed E-state index contributed by atoms with van der Waals surface area (Å²) in [5, 5.41) is 12.3. The zero-order chi connectivity index (χ0) is 20.1. The summed E-state index contributed by atoms with van der Waals surface area (Å²) in [6.45, 7) is 0. The van der Waals surface area contributed by atoms with E-state index in [0.29, 0.717) is 37.9 Å². The summed E-state index contributed by atoms with van der Waals surface area (Å²) < 4.78 is 0.770. The van der Waals surface area contributed by atoms with E-state index in [0.717, 1.165) is 10.2 Å². The second-order valence-corrected chi connectivity index (χ2v) is 8.12. The number of halogens is 1. The minimum atomic E-state index is -0.917. The second-order valence-electron chi connectivity index (χ2n) is 7.27. The van der Waals surface area contributed by atoms with E-state index in [9.17, 15) is 9.59 Å². The third kappa shape index (κ3) is 5.13. The quantitative estimate of drug-likeness (QED) is 0.626. The molecular weight excluding hydrogens is 424 g/mol. The number of rotatable bonds is 6. The Bertz CT molecular complexity index is 803. The smallest absolute Gasteiger partial charge is 0.407 e. The van der Waals surface area contributed by atoms with Gasteiger partial charge in [0.2, 0.25) is 5.91 Å². The molecule has 3 rings (SSSR count). The largest absolute Gasteiger partial charge is 0.465 e. The van der Waals surface area contributed by atoms with Gasteiger partial charge in [-0.15, -0.1) is 0 Å². The Hall–Kier alpha value is -2.35. The van der Waals surface area contributed by atoms with Crippen molar-refractivity contribution in [3.63, 3.8) is 0 Å². The molecule has 28 heavy (non-hydrogen) atoms. The molecule has 2 aromatic rings. The van der Waals surface area contributed by atoms with Gasteiger partial charge in [-0.05, 0) is 53.6 Å². The molecular formula is C20H25BrN4O3. The molecule has 1 aliphatic carbocycles. The summed E-state index contributed by atoms with van der Waals surface area (Å²) >= 11 is 3.38. The van der Waals surface area contributed by atoms with Crippen molar-refractivity contribution in [3.8, 4) is 0 Å². The predicted molar refractivity (Wildman–Crippen MR) is 109 cm³/mol. The molecule has 1 fully saturated rings. The highest BCUT2D eigenvalue weighted by Gasteiger charge is 2.31. The van der Waals surface area contributed by atoms with Crippen molar-refractivity contribution < 1.29 is 14.7 Å². The number of carboxylic acid groups (broad SMARTS) is 1. The number of nitrogens with zero attached hydrogens (tertiary/aromatic N) is 2. The van der Waals surface area contributed by atoms with Crippen molar-refractivity contribution in [2.75, 3.05) is 7.05 Å². The molecule has 1 atom stereocenters. The van der Waals surface area contributed by atoms with Crippen molar-refractivity contribution in [3.05, 3.63) is 52.5 Å². The van der Waals surface area contributed by atoms with Gasteiger partial charge in [0.25, 0.3) is 0 Å². The number of nitrogens with one attached hydrogen (secondary N) is 2. The Morgan fingerprint density at radius 2 is 1.96 bits per heavy atom. The zero-order valence-electron chi connectivity index (χ0n) is 15.8. The molecule has 1 aliphatic rings. The molecule has 7 nitrogen and oxygen atoms in total. The van der Waals surface area contributed by atoms with Crippen LogP contribution >= 0.6 is 15.9 Å². The van der Waals surface area contributed by atoms with Crippen LogP contribution in [0.5, 0.6) is 0 Å². The minimum absolute atomic E-state index is 0.00452. The fraction of sp³-hybridized carbons (Fsp3) is 0.450. The molecule has 1 heterocycles. The van der Waals surface area contributed by atoms with Crippen LogP contribution < -0.4 is 5.32 Å². The molecule has 0 saturated heterocycles. The second kappa shape index (κ2) is 9.23. The van der Waals surface area contributed by atoms with Crippen molar-refractivity contribution in [1.29, 1.82) is 0 Å². The molecule has 2 amide bonds. The summed E-state index contributed by atoms with van der Waals surface area (Å²) in [6.07, 6.45) is 4.20. The standard InChI is InChI=1S/C20H25BrN4O3/c1-25(20(27)28)15-9-7-14(8-10-15)19(26)23-16(18-22-12-17(21)24-18)11-13-5-3-2-4-6-13/h2-6,12,14-16H,7-11H2,1H3,(H,22,24)(H,23,26)(H,27,28)/t14?,15?,16-/m0/s1. The fourth-order valence-corrected chi connectivity index (χ4v) is 4.03. The number of imidazole rings is 1. The molecule has 0 spiro atoms. The van der Waals surface area contributed by atoms with Gasteiger partial charge in [-0.3, -0.25) is 4.79 Å². The molecule has 0 unspecified atom stereocenters. The lowest BCUT2D eigenvalue weighted by Crippen LogP contribution is -2.42. The molecule has 3 N–H and O–H groups in total. The van der Waals surface area contributed by atoms with Gasteiger partial charge in [0.05, 0.1) is 12.2 Å². The van der Waals surface area contributed by atoms with Crippen LogP contribution in [-0.2, 0) is 11.2 Å². The van der Waals surface area contributed by atoms with E-state index >= 15 is 0 Å². The summed E-state index contributed by atoms with van der Waals surface area (Å²) in [6, 6.07) is 9.73. The van der Waals surface area contributed by atoms with E-state index in [1.165, 1.54) is 4.90 Å². The summed E-state index contributed by atoms with van der Waals surface area (Å²) in [5.74, 6) is 0.614. The number of carbonyl (C=O) groups is 2. The fourth-order valence-electron chi connectivity index (χ4n) is 3.73. The SMILES string of the molecule is CN(C(=O)O)C1CCC(C(=O)N[C@@H](Cc2ccccc2)c2ncc(Br)[nH]2)CC1. The Balaban J connectivity index is 1.64. The number of aromatic nitrogens is 2. The van der Waals surface area contributed by atoms with E-state index in [1.807, 2.05) is 30.3 Å². The van der Waals surface area contributed by atoms with Crippen LogP contribution in [0.1, 0.15) is 43.1 Å². The van der Waals surface area contributed by atoms with Crippen LogP contribution in [-0.4, -0.2) is 45.1 Å². The minimum Gasteiger partial charge on any atom is -0.465 e. The third-order valence-corrected chi connectivity index (χ3v) is 5.81. The first kappa shape index (κ1) is 20.4. The Morgan fingerprint density at radius 1 is 1.29 bits per heavy atom. The molecule has 1 aromatic carbocycles. The van der Waals surface area contributed by atoms with Gasteiger partial charge in [-0.2, -0.15) is 0 Å². The number of carbonyl (C=O) groups excluding carboxylic acids is 1. The first-order valence-corrected chi connectivity index (χ1v) is 10.2. The van der Waals surface area contributed by atoms with Gasteiger partial charge >= 0.3 is 6.09 Å². The number of benzene rings is 1. The molecule has 1 saturated carbocycles. The van der Waals surface area contributed by atoms with Gasteiger partial charge in [0, 0.05) is 19.0 Å². The van der Waals surface area contributed by atoms with E-state index in [4.69, 9.17) is 5.11 Å². The summed E-state index contributed by atoms with van der Waals surface area (Å²) in [5.41, 5.74) is 1.12. The van der Waals surface area contributed by atoms with Gasteiger partial charge in [-0.1, -0.05) is 30.3 Å². The Morgan fingerprint density at radius 3 is 2.54 bits per heavy atom. The van der Waals surface area contributed by atoms with Gasteiger partial charge in [0.1, 0.15) is 10.4 Å². The van der Waals surface area contributed by atoms with Gasteiger partial charge in [-0.25, -0.2) is 9.78 Å². The molecule has 0 aliphatic heterocycles. The highest BCUT2D eigenvalue weighted by atomic mass is 79.9. The maximum absolute atomic E-state index is 12.9. The van der Waals surface area contributed by atoms with E-state index in [-0.39, 0.29) is 23.9 Å². The van der Waals surface area contributed by atoms with Crippen molar-refractivity contribution >= 4 is 27.9 Å². The lowest BCUT2D eigenvalue weighted by atomic mass is 9.84. The molecule has 8 heteroatoms. The maximum Gasteiger partial charge on any atom is 0.407 e. The third-order valence-electron chi connectivity index (χ3n) is 5.41. The van der Waals surface area contributed by atoms with Crippen LogP contribution in [0.4, 0.5) is 4.79 Å². The highest BCUT2D eigenvalue weighted by Crippen LogP contribution is 2.28.